The van der Waals surface area contributed by atoms with Gasteiger partial charge in [0.05, 0.1) is 21.6 Å². The lowest BCUT2D eigenvalue weighted by Gasteiger charge is -2.33. The van der Waals surface area contributed by atoms with Gasteiger partial charge in [-0.05, 0) is 18.9 Å². The third-order valence-electron chi connectivity index (χ3n) is 3.25. The molecule has 1 aromatic carbocycles. The van der Waals surface area contributed by atoms with E-state index in [0.29, 0.717) is 25.2 Å². The number of hydrogen-bond acceptors (Lipinski definition) is 4. The fourth-order valence-electron chi connectivity index (χ4n) is 2.26. The van der Waals surface area contributed by atoms with Gasteiger partial charge in [0, 0.05) is 25.2 Å². The molecule has 1 heterocycles. The van der Waals surface area contributed by atoms with Crippen molar-refractivity contribution in [3.63, 3.8) is 0 Å². The quantitative estimate of drug-likeness (QED) is 0.681. The summed E-state index contributed by atoms with van der Waals surface area (Å²) in [7, 11) is 0. The molecule has 0 amide bonds. The van der Waals surface area contributed by atoms with E-state index in [9.17, 15) is 14.9 Å². The Kier molecular flexibility index (Phi) is 3.90. The topological polar surface area (TPSA) is 83.7 Å². The molecule has 0 spiro atoms. The maximum absolute atomic E-state index is 11.0. The summed E-state index contributed by atoms with van der Waals surface area (Å²) in [5, 5.41) is 20.0. The Morgan fingerprint density at radius 3 is 2.84 bits per heavy atom. The second kappa shape index (κ2) is 5.44. The van der Waals surface area contributed by atoms with Gasteiger partial charge in [0.15, 0.2) is 0 Å². The average molecular weight is 285 g/mol. The van der Waals surface area contributed by atoms with Crippen LogP contribution in [0.5, 0.6) is 0 Å². The zero-order valence-electron chi connectivity index (χ0n) is 10.1. The molecule has 19 heavy (non-hydrogen) atoms. The molecule has 1 fully saturated rings. The summed E-state index contributed by atoms with van der Waals surface area (Å²) in [6, 6.07) is 4.25. The highest BCUT2D eigenvalue weighted by Gasteiger charge is 2.26. The minimum Gasteiger partial charge on any atom is -0.481 e. The normalized spacial score (nSPS) is 19.2. The minimum atomic E-state index is -0.817. The van der Waals surface area contributed by atoms with Crippen molar-refractivity contribution in [2.45, 2.75) is 12.8 Å². The summed E-state index contributed by atoms with van der Waals surface area (Å²) in [4.78, 5) is 23.0. The highest BCUT2D eigenvalue weighted by Crippen LogP contribution is 2.32. The molecule has 7 heteroatoms. The molecule has 102 valence electrons. The third kappa shape index (κ3) is 2.96. The van der Waals surface area contributed by atoms with E-state index >= 15 is 0 Å². The first kappa shape index (κ1) is 13.6. The maximum atomic E-state index is 11.0. The molecule has 0 aromatic heterocycles. The van der Waals surface area contributed by atoms with Gasteiger partial charge in [0.1, 0.15) is 0 Å². The highest BCUT2D eigenvalue weighted by atomic mass is 35.5. The van der Waals surface area contributed by atoms with Crippen LogP contribution in [-0.2, 0) is 4.79 Å². The van der Waals surface area contributed by atoms with E-state index in [1.165, 1.54) is 12.1 Å². The van der Waals surface area contributed by atoms with E-state index in [0.717, 1.165) is 6.42 Å². The number of piperidine rings is 1. The summed E-state index contributed by atoms with van der Waals surface area (Å²) in [6.45, 7) is 1.09. The number of benzene rings is 1. The van der Waals surface area contributed by atoms with Gasteiger partial charge in [0.2, 0.25) is 0 Å². The number of carboxylic acid groups (broad SMARTS) is 1. The molecule has 2 rings (SSSR count). The van der Waals surface area contributed by atoms with Gasteiger partial charge in [0.25, 0.3) is 5.69 Å². The van der Waals surface area contributed by atoms with Crippen LogP contribution >= 0.6 is 11.6 Å². The zero-order chi connectivity index (χ0) is 14.0. The van der Waals surface area contributed by atoms with Crippen molar-refractivity contribution in [2.24, 2.45) is 5.92 Å². The standard InChI is InChI=1S/C12H13ClN2O4/c13-10-6-9(15(18)19)3-4-11(10)14-5-1-2-8(7-14)12(16)17/h3-4,6,8H,1-2,5,7H2,(H,16,17). The Morgan fingerprint density at radius 1 is 1.53 bits per heavy atom. The van der Waals surface area contributed by atoms with Gasteiger partial charge < -0.3 is 10.0 Å². The number of aliphatic carboxylic acids is 1. The lowest BCUT2D eigenvalue weighted by Crippen LogP contribution is -2.38. The molecule has 1 atom stereocenters. The summed E-state index contributed by atoms with van der Waals surface area (Å²) < 4.78 is 0. The van der Waals surface area contributed by atoms with E-state index < -0.39 is 16.8 Å². The smallest absolute Gasteiger partial charge is 0.308 e. The van der Waals surface area contributed by atoms with Crippen molar-refractivity contribution in [3.8, 4) is 0 Å². The van der Waals surface area contributed by atoms with E-state index in [1.54, 1.807) is 6.07 Å². The number of carbonyl (C=O) groups is 1. The molecular formula is C12H13ClN2O4. The third-order valence-corrected chi connectivity index (χ3v) is 3.56. The number of nitrogens with zero attached hydrogens (tertiary/aromatic N) is 2. The molecule has 1 unspecified atom stereocenters. The van der Waals surface area contributed by atoms with Gasteiger partial charge in [-0.15, -0.1) is 0 Å². The van der Waals surface area contributed by atoms with Crippen LogP contribution in [0.2, 0.25) is 5.02 Å². The van der Waals surface area contributed by atoms with Crippen LogP contribution in [0.3, 0.4) is 0 Å². The van der Waals surface area contributed by atoms with Crippen LogP contribution < -0.4 is 4.90 Å². The molecule has 0 saturated carbocycles. The molecule has 1 aliphatic heterocycles. The summed E-state index contributed by atoms with van der Waals surface area (Å²) >= 11 is 6.04. The van der Waals surface area contributed by atoms with Gasteiger partial charge in [-0.3, -0.25) is 14.9 Å². The molecular weight excluding hydrogens is 272 g/mol. The molecule has 0 bridgehead atoms. The number of halogens is 1. The van der Waals surface area contributed by atoms with Crippen molar-refractivity contribution in [1.29, 1.82) is 0 Å². The van der Waals surface area contributed by atoms with Gasteiger partial charge in [-0.1, -0.05) is 11.6 Å². The van der Waals surface area contributed by atoms with Gasteiger partial charge in [-0.2, -0.15) is 0 Å². The van der Waals surface area contributed by atoms with Crippen LogP contribution in [-0.4, -0.2) is 29.1 Å². The van der Waals surface area contributed by atoms with Crippen LogP contribution in [0.4, 0.5) is 11.4 Å². The molecule has 6 nitrogen and oxygen atoms in total. The van der Waals surface area contributed by atoms with Crippen LogP contribution in [0, 0.1) is 16.0 Å². The molecule has 0 aliphatic carbocycles. The lowest BCUT2D eigenvalue weighted by atomic mass is 9.98. The van der Waals surface area contributed by atoms with Gasteiger partial charge in [-0.25, -0.2) is 0 Å². The number of carboxylic acids is 1. The largest absolute Gasteiger partial charge is 0.481 e. The number of hydrogen-bond donors (Lipinski definition) is 1. The summed E-state index contributed by atoms with van der Waals surface area (Å²) in [5.74, 6) is -1.23. The lowest BCUT2D eigenvalue weighted by molar-refractivity contribution is -0.384. The van der Waals surface area contributed by atoms with Crippen LogP contribution in [0.25, 0.3) is 0 Å². The summed E-state index contributed by atoms with van der Waals surface area (Å²) in [6.07, 6.45) is 1.42. The fourth-order valence-corrected chi connectivity index (χ4v) is 2.56. The Balaban J connectivity index is 2.22. The molecule has 0 radical (unpaired) electrons. The van der Waals surface area contributed by atoms with Gasteiger partial charge >= 0.3 is 5.97 Å². The van der Waals surface area contributed by atoms with Crippen molar-refractivity contribution >= 4 is 28.9 Å². The van der Waals surface area contributed by atoms with E-state index in [4.69, 9.17) is 16.7 Å². The predicted molar refractivity (Wildman–Crippen MR) is 70.7 cm³/mol. The van der Waals surface area contributed by atoms with E-state index in [2.05, 4.69) is 0 Å². The number of nitro groups is 1. The Labute approximate surface area is 114 Å². The van der Waals surface area contributed by atoms with Crippen molar-refractivity contribution in [3.05, 3.63) is 33.3 Å². The molecule has 1 aromatic rings. The number of non-ortho nitro benzene ring substituents is 1. The SMILES string of the molecule is O=C(O)C1CCCN(c2ccc([N+](=O)[O-])cc2Cl)C1. The van der Waals surface area contributed by atoms with Crippen LogP contribution in [0.15, 0.2) is 18.2 Å². The first-order valence-corrected chi connectivity index (χ1v) is 6.28. The fraction of sp³-hybridized carbons (Fsp3) is 0.417. The average Bonchev–Trinajstić information content (AvgIpc) is 2.38. The first-order chi connectivity index (χ1) is 8.99. The van der Waals surface area contributed by atoms with Crippen LogP contribution in [0.1, 0.15) is 12.8 Å². The number of nitro benzene ring substituents is 1. The Hall–Kier alpha value is -1.82. The highest BCUT2D eigenvalue weighted by molar-refractivity contribution is 6.33. The number of rotatable bonds is 3. The van der Waals surface area contributed by atoms with Crippen molar-refractivity contribution in [1.82, 2.24) is 0 Å². The first-order valence-electron chi connectivity index (χ1n) is 5.90. The maximum Gasteiger partial charge on any atom is 0.308 e. The molecule has 1 aliphatic rings. The zero-order valence-corrected chi connectivity index (χ0v) is 10.8. The monoisotopic (exact) mass is 284 g/mol. The predicted octanol–water partition coefficient (Wildman–Crippen LogP) is 2.55. The Morgan fingerprint density at radius 2 is 2.26 bits per heavy atom. The van der Waals surface area contributed by atoms with Crippen molar-refractivity contribution < 1.29 is 14.8 Å². The molecule has 1 saturated heterocycles. The van der Waals surface area contributed by atoms with E-state index in [-0.39, 0.29) is 10.7 Å². The molecule has 1 N–H and O–H groups in total. The number of anilines is 1. The Bertz CT molecular complexity index is 520. The van der Waals surface area contributed by atoms with E-state index in [1.807, 2.05) is 4.90 Å². The van der Waals surface area contributed by atoms with Crippen molar-refractivity contribution in [2.75, 3.05) is 18.0 Å². The minimum absolute atomic E-state index is 0.0689. The second-order valence-electron chi connectivity index (χ2n) is 4.52. The second-order valence-corrected chi connectivity index (χ2v) is 4.92. The summed E-state index contributed by atoms with van der Waals surface area (Å²) in [5.41, 5.74) is 0.582.